The molecule has 1 aromatic heterocycles. The van der Waals surface area contributed by atoms with Gasteiger partial charge in [0, 0.05) is 56.5 Å². The molecule has 22 heavy (non-hydrogen) atoms. The maximum Gasteiger partial charge on any atom is 0.129 e. The van der Waals surface area contributed by atoms with Gasteiger partial charge in [-0.3, -0.25) is 9.58 Å². The van der Waals surface area contributed by atoms with E-state index in [0.717, 1.165) is 12.2 Å². The minimum atomic E-state index is -0.274. The van der Waals surface area contributed by atoms with Crippen LogP contribution in [0.15, 0.2) is 24.4 Å². The number of nitrogens with zero attached hydrogens (tertiary/aromatic N) is 4. The van der Waals surface area contributed by atoms with Gasteiger partial charge in [0.25, 0.3) is 0 Å². The van der Waals surface area contributed by atoms with Gasteiger partial charge in [0.05, 0.1) is 11.8 Å². The summed E-state index contributed by atoms with van der Waals surface area (Å²) in [6.07, 6.45) is 1.92. The van der Waals surface area contributed by atoms with Crippen LogP contribution in [0.2, 0.25) is 5.02 Å². The minimum absolute atomic E-state index is 0.0160. The van der Waals surface area contributed by atoms with E-state index in [1.807, 2.05) is 13.2 Å². The Morgan fingerprint density at radius 1 is 1.41 bits per heavy atom. The third kappa shape index (κ3) is 2.99. The van der Waals surface area contributed by atoms with E-state index in [2.05, 4.69) is 15.2 Å². The molecule has 7 heteroatoms. The molecular weight excluding hydrogens is 307 g/mol. The van der Waals surface area contributed by atoms with Crippen LogP contribution in [0, 0.1) is 5.82 Å². The number of aryl methyl sites for hydroxylation is 1. The van der Waals surface area contributed by atoms with Gasteiger partial charge in [-0.25, -0.2) is 4.39 Å². The molecule has 0 radical (unpaired) electrons. The van der Waals surface area contributed by atoms with Gasteiger partial charge in [0.2, 0.25) is 0 Å². The van der Waals surface area contributed by atoms with E-state index in [4.69, 9.17) is 16.3 Å². The van der Waals surface area contributed by atoms with Crippen LogP contribution in [0.4, 0.5) is 4.39 Å². The molecule has 0 aliphatic carbocycles. The standard InChI is InChI=1S/C15H18ClFN4O/c1-20-8-14(18-19-20)11-7-21(9-15(11)22-2)6-10-12(16)4-3-5-13(10)17/h3-5,8,11,15H,6-7,9H2,1-2H3/t11-,15+/m0/s1. The molecule has 1 aliphatic rings. The number of hydrogen-bond acceptors (Lipinski definition) is 4. The highest BCUT2D eigenvalue weighted by atomic mass is 35.5. The first kappa shape index (κ1) is 15.4. The van der Waals surface area contributed by atoms with Crippen LogP contribution < -0.4 is 0 Å². The van der Waals surface area contributed by atoms with Gasteiger partial charge in [-0.2, -0.15) is 0 Å². The maximum atomic E-state index is 13.9. The molecule has 0 amide bonds. The zero-order chi connectivity index (χ0) is 15.7. The Morgan fingerprint density at radius 2 is 2.23 bits per heavy atom. The first-order valence-electron chi connectivity index (χ1n) is 7.12. The van der Waals surface area contributed by atoms with E-state index < -0.39 is 0 Å². The highest BCUT2D eigenvalue weighted by Crippen LogP contribution is 2.30. The summed E-state index contributed by atoms with van der Waals surface area (Å²) in [7, 11) is 3.53. The van der Waals surface area contributed by atoms with Crippen LogP contribution in [0.25, 0.3) is 0 Å². The Balaban J connectivity index is 1.77. The molecule has 1 aliphatic heterocycles. The number of rotatable bonds is 4. The van der Waals surface area contributed by atoms with Crippen LogP contribution in [0.5, 0.6) is 0 Å². The number of methoxy groups -OCH3 is 1. The summed E-state index contributed by atoms with van der Waals surface area (Å²) in [5.41, 5.74) is 1.43. The van der Waals surface area contributed by atoms with E-state index in [0.29, 0.717) is 23.7 Å². The summed E-state index contributed by atoms with van der Waals surface area (Å²) in [4.78, 5) is 2.14. The lowest BCUT2D eigenvalue weighted by Crippen LogP contribution is -2.23. The number of aromatic nitrogens is 3. The molecule has 2 aromatic rings. The Kier molecular flexibility index (Phi) is 4.42. The predicted octanol–water partition coefficient (Wildman–Crippen LogP) is 2.22. The molecular formula is C15H18ClFN4O. The average molecular weight is 325 g/mol. The molecule has 0 unspecified atom stereocenters. The van der Waals surface area contributed by atoms with Crippen molar-refractivity contribution in [3.8, 4) is 0 Å². The molecule has 2 atom stereocenters. The van der Waals surface area contributed by atoms with Crippen molar-refractivity contribution in [2.24, 2.45) is 7.05 Å². The summed E-state index contributed by atoms with van der Waals surface area (Å²) in [6, 6.07) is 4.76. The second kappa shape index (κ2) is 6.32. The fourth-order valence-corrected chi connectivity index (χ4v) is 3.17. The van der Waals surface area contributed by atoms with Crippen molar-refractivity contribution in [3.05, 3.63) is 46.5 Å². The molecule has 0 saturated carbocycles. The molecule has 118 valence electrons. The van der Waals surface area contributed by atoms with Crippen molar-refractivity contribution in [3.63, 3.8) is 0 Å². The Hall–Kier alpha value is -1.50. The number of likely N-dealkylation sites (tertiary alicyclic amines) is 1. The van der Waals surface area contributed by atoms with Crippen molar-refractivity contribution in [2.45, 2.75) is 18.6 Å². The van der Waals surface area contributed by atoms with Crippen LogP contribution in [0.1, 0.15) is 17.2 Å². The lowest BCUT2D eigenvalue weighted by Gasteiger charge is -2.16. The molecule has 1 aromatic carbocycles. The van der Waals surface area contributed by atoms with E-state index >= 15 is 0 Å². The van der Waals surface area contributed by atoms with E-state index in [1.165, 1.54) is 6.07 Å². The van der Waals surface area contributed by atoms with Crippen molar-refractivity contribution >= 4 is 11.6 Å². The quantitative estimate of drug-likeness (QED) is 0.865. The summed E-state index contributed by atoms with van der Waals surface area (Å²) < 4.78 is 21.2. The van der Waals surface area contributed by atoms with Crippen LogP contribution in [-0.4, -0.2) is 46.2 Å². The normalized spacial score (nSPS) is 22.4. The summed E-state index contributed by atoms with van der Waals surface area (Å²) in [6.45, 7) is 1.91. The van der Waals surface area contributed by atoms with Gasteiger partial charge in [-0.1, -0.05) is 22.9 Å². The molecule has 0 N–H and O–H groups in total. The zero-order valence-corrected chi connectivity index (χ0v) is 13.3. The number of halogens is 2. The lowest BCUT2D eigenvalue weighted by molar-refractivity contribution is 0.0956. The van der Waals surface area contributed by atoms with Gasteiger partial charge >= 0.3 is 0 Å². The van der Waals surface area contributed by atoms with Gasteiger partial charge in [0.1, 0.15) is 5.82 Å². The smallest absolute Gasteiger partial charge is 0.129 e. The first-order chi connectivity index (χ1) is 10.6. The first-order valence-corrected chi connectivity index (χ1v) is 7.50. The number of benzene rings is 1. The monoisotopic (exact) mass is 324 g/mol. The third-order valence-corrected chi connectivity index (χ3v) is 4.44. The molecule has 0 bridgehead atoms. The largest absolute Gasteiger partial charge is 0.379 e. The SMILES string of the molecule is CO[C@@H]1CN(Cc2c(F)cccc2Cl)C[C@H]1c1cn(C)nn1. The van der Waals surface area contributed by atoms with Gasteiger partial charge in [0.15, 0.2) is 0 Å². The highest BCUT2D eigenvalue weighted by molar-refractivity contribution is 6.31. The van der Waals surface area contributed by atoms with E-state index in [9.17, 15) is 4.39 Å². The van der Waals surface area contributed by atoms with Gasteiger partial charge in [-0.05, 0) is 12.1 Å². The van der Waals surface area contributed by atoms with Crippen molar-refractivity contribution in [2.75, 3.05) is 20.2 Å². The minimum Gasteiger partial charge on any atom is -0.379 e. The second-order valence-corrected chi connectivity index (χ2v) is 6.00. The molecule has 1 saturated heterocycles. The van der Waals surface area contributed by atoms with Crippen LogP contribution in [0.3, 0.4) is 0 Å². The topological polar surface area (TPSA) is 43.2 Å². The predicted molar refractivity (Wildman–Crippen MR) is 81.2 cm³/mol. The third-order valence-electron chi connectivity index (χ3n) is 4.09. The molecule has 5 nitrogen and oxygen atoms in total. The summed E-state index contributed by atoms with van der Waals surface area (Å²) in [5.74, 6) is -0.145. The molecule has 0 spiro atoms. The van der Waals surface area contributed by atoms with E-state index in [1.54, 1.807) is 23.9 Å². The Labute approximate surface area is 133 Å². The Morgan fingerprint density at radius 3 is 2.86 bits per heavy atom. The van der Waals surface area contributed by atoms with Crippen LogP contribution >= 0.6 is 11.6 Å². The number of hydrogen-bond donors (Lipinski definition) is 0. The fraction of sp³-hybridized carbons (Fsp3) is 0.467. The lowest BCUT2D eigenvalue weighted by atomic mass is 10.0. The molecule has 1 fully saturated rings. The van der Waals surface area contributed by atoms with Gasteiger partial charge < -0.3 is 4.74 Å². The van der Waals surface area contributed by atoms with E-state index in [-0.39, 0.29) is 17.8 Å². The van der Waals surface area contributed by atoms with Crippen molar-refractivity contribution in [1.82, 2.24) is 19.9 Å². The summed E-state index contributed by atoms with van der Waals surface area (Å²) in [5, 5.41) is 8.61. The van der Waals surface area contributed by atoms with Crippen molar-refractivity contribution in [1.29, 1.82) is 0 Å². The Bertz CT molecular complexity index is 642. The average Bonchev–Trinajstić information content (AvgIpc) is 3.09. The summed E-state index contributed by atoms with van der Waals surface area (Å²) >= 11 is 6.11. The van der Waals surface area contributed by atoms with Crippen LogP contribution in [-0.2, 0) is 18.3 Å². The maximum absolute atomic E-state index is 13.9. The molecule has 3 rings (SSSR count). The number of ether oxygens (including phenoxy) is 1. The van der Waals surface area contributed by atoms with Gasteiger partial charge in [-0.15, -0.1) is 5.10 Å². The second-order valence-electron chi connectivity index (χ2n) is 5.59. The zero-order valence-electron chi connectivity index (χ0n) is 12.5. The fourth-order valence-electron chi connectivity index (χ4n) is 2.95. The van der Waals surface area contributed by atoms with Crippen molar-refractivity contribution < 1.29 is 9.13 Å². The molecule has 2 heterocycles. The highest BCUT2D eigenvalue weighted by Gasteiger charge is 2.36.